The van der Waals surface area contributed by atoms with Crippen molar-refractivity contribution in [1.29, 1.82) is 0 Å². The molecule has 1 amide bonds. The molecule has 7 heteroatoms. The minimum absolute atomic E-state index is 0.0519. The molecule has 3 aromatic rings. The van der Waals surface area contributed by atoms with Crippen LogP contribution in [0.3, 0.4) is 0 Å². The van der Waals surface area contributed by atoms with Gasteiger partial charge >= 0.3 is 0 Å². The molecule has 4 N–H and O–H groups in total. The maximum Gasteiger partial charge on any atom is 0.269 e. The molecule has 1 fully saturated rings. The monoisotopic (exact) mass is 337 g/mol. The molecule has 1 aliphatic heterocycles. The minimum Gasteiger partial charge on any atom is -0.382 e. The number of fused-ring (bicyclic) bond motifs is 1. The Kier molecular flexibility index (Phi) is 4.07. The number of anilines is 1. The molecule has 25 heavy (non-hydrogen) atoms. The Morgan fingerprint density at radius 2 is 2.20 bits per heavy atom. The van der Waals surface area contributed by atoms with Gasteiger partial charge in [0.2, 0.25) is 0 Å². The van der Waals surface area contributed by atoms with Gasteiger partial charge in [0.1, 0.15) is 11.5 Å². The van der Waals surface area contributed by atoms with Crippen LogP contribution >= 0.6 is 0 Å². The number of hydrogen-bond donors (Lipinski definition) is 3. The maximum absolute atomic E-state index is 12.3. The summed E-state index contributed by atoms with van der Waals surface area (Å²) in [6.07, 6.45) is 2.65. The van der Waals surface area contributed by atoms with Crippen molar-refractivity contribution >= 4 is 22.6 Å². The average molecular weight is 337 g/mol. The van der Waals surface area contributed by atoms with E-state index in [1.54, 1.807) is 0 Å². The van der Waals surface area contributed by atoms with Crippen LogP contribution in [-0.4, -0.2) is 40.3 Å². The first-order chi connectivity index (χ1) is 12.2. The van der Waals surface area contributed by atoms with E-state index in [2.05, 4.69) is 26.6 Å². The molecule has 0 bridgehead atoms. The topological polar surface area (TPSA) is 106 Å². The number of hydrogen-bond acceptors (Lipinski definition) is 5. The van der Waals surface area contributed by atoms with Gasteiger partial charge in [-0.25, -0.2) is 0 Å². The number of nitrogens with two attached hydrogens (primary N) is 1. The summed E-state index contributed by atoms with van der Waals surface area (Å²) in [5.74, 6) is 0.284. The molecular weight excluding hydrogens is 318 g/mol. The second-order valence-corrected chi connectivity index (χ2v) is 6.28. The summed E-state index contributed by atoms with van der Waals surface area (Å²) >= 11 is 0. The number of carbonyl (C=O) groups excluding carboxylic acids is 1. The number of nitrogen functional groups attached to an aromatic ring is 1. The third kappa shape index (κ3) is 3.18. The predicted molar refractivity (Wildman–Crippen MR) is 94.0 cm³/mol. The summed E-state index contributed by atoms with van der Waals surface area (Å²) < 4.78 is 5.62. The Labute approximate surface area is 144 Å². The number of para-hydroxylation sites is 1. The van der Waals surface area contributed by atoms with Crippen molar-refractivity contribution in [3.05, 3.63) is 53.9 Å². The van der Waals surface area contributed by atoms with Gasteiger partial charge in [-0.2, -0.15) is 5.10 Å². The Hall–Kier alpha value is -2.93. The highest BCUT2D eigenvalue weighted by Crippen LogP contribution is 2.24. The highest BCUT2D eigenvalue weighted by atomic mass is 16.5. The summed E-state index contributed by atoms with van der Waals surface area (Å²) in [4.78, 5) is 16.7. The van der Waals surface area contributed by atoms with E-state index >= 15 is 0 Å². The zero-order valence-electron chi connectivity index (χ0n) is 13.6. The summed E-state index contributed by atoms with van der Waals surface area (Å²) in [6.45, 7) is 1.12. The van der Waals surface area contributed by atoms with Gasteiger partial charge in [0.15, 0.2) is 0 Å². The highest BCUT2D eigenvalue weighted by molar-refractivity contribution is 5.93. The van der Waals surface area contributed by atoms with Gasteiger partial charge in [0.05, 0.1) is 24.8 Å². The number of aromatic nitrogens is 3. The molecule has 2 aromatic heterocycles. The first-order valence-corrected chi connectivity index (χ1v) is 8.23. The smallest absolute Gasteiger partial charge is 0.269 e. The van der Waals surface area contributed by atoms with Crippen molar-refractivity contribution < 1.29 is 9.53 Å². The van der Waals surface area contributed by atoms with Crippen molar-refractivity contribution in [2.24, 2.45) is 5.92 Å². The zero-order chi connectivity index (χ0) is 17.2. The average Bonchev–Trinajstić information content (AvgIpc) is 3.24. The Bertz CT molecular complexity index is 902. The number of nitrogens with zero attached hydrogens (tertiary/aromatic N) is 2. The quantitative estimate of drug-likeness (QED) is 0.669. The van der Waals surface area contributed by atoms with E-state index in [4.69, 9.17) is 10.5 Å². The lowest BCUT2D eigenvalue weighted by Gasteiger charge is -2.19. The van der Waals surface area contributed by atoms with Crippen molar-refractivity contribution in [1.82, 2.24) is 20.5 Å². The Morgan fingerprint density at radius 3 is 3.04 bits per heavy atom. The van der Waals surface area contributed by atoms with E-state index < -0.39 is 0 Å². The Balaban J connectivity index is 1.50. The van der Waals surface area contributed by atoms with Crippen LogP contribution in [-0.2, 0) is 11.2 Å². The van der Waals surface area contributed by atoms with E-state index in [0.717, 1.165) is 17.3 Å². The standard InChI is InChI=1S/C18H19N5O2/c19-17-8-15(22-23-17)18(24)21-16-10-25-9-12(16)7-11-5-6-20-14-4-2-1-3-13(11)14/h1-6,8,12,16H,7,9-10H2,(H,21,24)(H3,19,22,23)/t12-,16-/m1/s1. The number of carbonyl (C=O) groups is 1. The molecule has 0 unspecified atom stereocenters. The molecule has 1 saturated heterocycles. The normalized spacial score (nSPS) is 20.0. The second-order valence-electron chi connectivity index (χ2n) is 6.28. The van der Waals surface area contributed by atoms with Crippen LogP contribution in [0.4, 0.5) is 5.82 Å². The fourth-order valence-electron chi connectivity index (χ4n) is 3.27. The van der Waals surface area contributed by atoms with Gasteiger partial charge < -0.3 is 15.8 Å². The SMILES string of the molecule is Nc1cc(C(=O)N[C@@H]2COC[C@H]2Cc2ccnc3ccccc23)[nH]n1. The van der Waals surface area contributed by atoms with E-state index in [1.807, 2.05) is 30.5 Å². The molecule has 2 atom stereocenters. The number of aromatic amines is 1. The molecule has 0 aliphatic carbocycles. The van der Waals surface area contributed by atoms with Gasteiger partial charge in [-0.1, -0.05) is 18.2 Å². The first-order valence-electron chi connectivity index (χ1n) is 8.23. The molecule has 0 spiro atoms. The second kappa shape index (κ2) is 6.52. The van der Waals surface area contributed by atoms with Crippen LogP contribution < -0.4 is 11.1 Å². The number of rotatable bonds is 4. The van der Waals surface area contributed by atoms with E-state index in [9.17, 15) is 4.79 Å². The van der Waals surface area contributed by atoms with Gasteiger partial charge in [0.25, 0.3) is 5.91 Å². The lowest BCUT2D eigenvalue weighted by molar-refractivity contribution is 0.0920. The maximum atomic E-state index is 12.3. The Morgan fingerprint density at radius 1 is 1.32 bits per heavy atom. The van der Waals surface area contributed by atoms with Crippen LogP contribution in [0.15, 0.2) is 42.6 Å². The summed E-state index contributed by atoms with van der Waals surface area (Å²) in [6, 6.07) is 11.6. The number of benzene rings is 1. The van der Waals surface area contributed by atoms with Gasteiger partial charge in [0, 0.05) is 23.6 Å². The minimum atomic E-state index is -0.218. The van der Waals surface area contributed by atoms with E-state index in [0.29, 0.717) is 24.7 Å². The van der Waals surface area contributed by atoms with E-state index in [-0.39, 0.29) is 17.9 Å². The van der Waals surface area contributed by atoms with Crippen molar-refractivity contribution in [3.63, 3.8) is 0 Å². The molecule has 1 aliphatic rings. The van der Waals surface area contributed by atoms with Crippen LogP contribution in [0.25, 0.3) is 10.9 Å². The number of nitrogens with one attached hydrogen (secondary N) is 2. The molecular formula is C18H19N5O2. The molecule has 3 heterocycles. The number of H-pyrrole nitrogens is 1. The van der Waals surface area contributed by atoms with Crippen LogP contribution in [0, 0.1) is 5.92 Å². The highest BCUT2D eigenvalue weighted by Gasteiger charge is 2.30. The van der Waals surface area contributed by atoms with Crippen LogP contribution in [0.5, 0.6) is 0 Å². The molecule has 0 radical (unpaired) electrons. The first kappa shape index (κ1) is 15.6. The third-order valence-electron chi connectivity index (χ3n) is 4.58. The van der Waals surface area contributed by atoms with Gasteiger partial charge in [-0.3, -0.25) is 14.9 Å². The summed E-state index contributed by atoms with van der Waals surface area (Å²) in [7, 11) is 0. The van der Waals surface area contributed by atoms with Crippen molar-refractivity contribution in [3.8, 4) is 0 Å². The molecule has 7 nitrogen and oxygen atoms in total. The van der Waals surface area contributed by atoms with Crippen molar-refractivity contribution in [2.45, 2.75) is 12.5 Å². The number of amides is 1. The molecule has 0 saturated carbocycles. The molecule has 4 rings (SSSR count). The van der Waals surface area contributed by atoms with E-state index in [1.165, 1.54) is 11.6 Å². The summed E-state index contributed by atoms with van der Waals surface area (Å²) in [5.41, 5.74) is 8.11. The lowest BCUT2D eigenvalue weighted by atomic mass is 9.93. The number of ether oxygens (including phenoxy) is 1. The summed E-state index contributed by atoms with van der Waals surface area (Å²) in [5, 5.41) is 10.6. The fourth-order valence-corrected chi connectivity index (χ4v) is 3.27. The van der Waals surface area contributed by atoms with Crippen LogP contribution in [0.1, 0.15) is 16.1 Å². The van der Waals surface area contributed by atoms with Crippen LogP contribution in [0.2, 0.25) is 0 Å². The predicted octanol–water partition coefficient (Wildman–Crippen LogP) is 1.53. The lowest BCUT2D eigenvalue weighted by Crippen LogP contribution is -2.40. The molecule has 1 aromatic carbocycles. The third-order valence-corrected chi connectivity index (χ3v) is 4.58. The largest absolute Gasteiger partial charge is 0.382 e. The molecule has 128 valence electrons. The number of pyridine rings is 1. The van der Waals surface area contributed by atoms with Gasteiger partial charge in [-0.15, -0.1) is 0 Å². The fraction of sp³-hybridized carbons (Fsp3) is 0.278. The zero-order valence-corrected chi connectivity index (χ0v) is 13.6. The van der Waals surface area contributed by atoms with Crippen molar-refractivity contribution in [2.75, 3.05) is 18.9 Å². The van der Waals surface area contributed by atoms with Gasteiger partial charge in [-0.05, 0) is 24.1 Å².